The maximum Gasteiger partial charge on any atom is 0.374 e. The van der Waals surface area contributed by atoms with Gasteiger partial charge in [-0.3, -0.25) is 0 Å². The summed E-state index contributed by atoms with van der Waals surface area (Å²) in [7, 11) is 0. The van der Waals surface area contributed by atoms with Crippen molar-refractivity contribution in [2.75, 3.05) is 6.61 Å². The van der Waals surface area contributed by atoms with E-state index in [9.17, 15) is 4.79 Å². The molecule has 5 nitrogen and oxygen atoms in total. The van der Waals surface area contributed by atoms with Gasteiger partial charge in [0.15, 0.2) is 0 Å². The Balaban J connectivity index is 2.36. The van der Waals surface area contributed by atoms with Crippen molar-refractivity contribution in [2.45, 2.75) is 20.3 Å². The summed E-state index contributed by atoms with van der Waals surface area (Å²) in [4.78, 5) is 19.0. The highest BCUT2D eigenvalue weighted by Gasteiger charge is 2.13. The molecule has 19 heavy (non-hydrogen) atoms. The number of aromatic carboxylic acids is 1. The van der Waals surface area contributed by atoms with E-state index in [0.29, 0.717) is 23.9 Å². The monoisotopic (exact) mass is 260 g/mol. The lowest BCUT2D eigenvalue weighted by molar-refractivity contribution is 0.0682. The zero-order chi connectivity index (χ0) is 13.8. The summed E-state index contributed by atoms with van der Waals surface area (Å²) < 4.78 is 5.61. The quantitative estimate of drug-likeness (QED) is 0.894. The first-order chi connectivity index (χ1) is 9.08. The van der Waals surface area contributed by atoms with E-state index in [4.69, 9.17) is 9.84 Å². The highest BCUT2D eigenvalue weighted by Crippen LogP contribution is 2.22. The van der Waals surface area contributed by atoms with Crippen LogP contribution in [0.2, 0.25) is 0 Å². The third-order valence-electron chi connectivity index (χ3n) is 2.69. The van der Waals surface area contributed by atoms with Crippen LogP contribution in [0.1, 0.15) is 30.9 Å². The molecule has 1 aromatic carbocycles. The number of aromatic nitrogens is 2. The summed E-state index contributed by atoms with van der Waals surface area (Å²) in [5, 5.41) is 9.73. The fraction of sp³-hybridized carbons (Fsp3) is 0.357. The number of benzene rings is 1. The maximum atomic E-state index is 11.0. The first-order valence-electron chi connectivity index (χ1n) is 6.21. The molecule has 2 rings (SSSR count). The van der Waals surface area contributed by atoms with Crippen LogP contribution in [0.25, 0.3) is 10.9 Å². The highest BCUT2D eigenvalue weighted by molar-refractivity contribution is 5.89. The summed E-state index contributed by atoms with van der Waals surface area (Å²) in [6, 6.07) is 7.23. The van der Waals surface area contributed by atoms with E-state index >= 15 is 0 Å². The molecule has 0 unspecified atom stereocenters. The van der Waals surface area contributed by atoms with Gasteiger partial charge in [0.1, 0.15) is 0 Å². The van der Waals surface area contributed by atoms with E-state index in [1.165, 1.54) is 0 Å². The zero-order valence-corrected chi connectivity index (χ0v) is 11.0. The number of carboxylic acid groups (broad SMARTS) is 1. The number of ether oxygens (including phenoxy) is 1. The number of carbonyl (C=O) groups is 1. The Hall–Kier alpha value is -2.17. The molecule has 1 N–H and O–H groups in total. The van der Waals surface area contributed by atoms with E-state index < -0.39 is 5.97 Å². The van der Waals surface area contributed by atoms with Crippen LogP contribution < -0.4 is 4.74 Å². The third kappa shape index (κ3) is 3.19. The Labute approximate surface area is 111 Å². The van der Waals surface area contributed by atoms with Gasteiger partial charge in [0.05, 0.1) is 17.5 Å². The van der Waals surface area contributed by atoms with Gasteiger partial charge in [0.25, 0.3) is 0 Å². The van der Waals surface area contributed by atoms with Crippen molar-refractivity contribution >= 4 is 16.9 Å². The number of nitrogens with zero attached hydrogens (tertiary/aromatic N) is 2. The Morgan fingerprint density at radius 2 is 2.05 bits per heavy atom. The van der Waals surface area contributed by atoms with Crippen LogP contribution >= 0.6 is 0 Å². The van der Waals surface area contributed by atoms with Gasteiger partial charge in [-0.15, -0.1) is 0 Å². The lowest BCUT2D eigenvalue weighted by Gasteiger charge is -2.10. The van der Waals surface area contributed by atoms with Gasteiger partial charge >= 0.3 is 5.97 Å². The van der Waals surface area contributed by atoms with E-state index in [1.807, 2.05) is 12.1 Å². The molecule has 5 heteroatoms. The molecular formula is C14H16N2O3. The SMILES string of the molecule is CC(C)CCOc1nc(C(=O)O)nc2ccccc12. The molecule has 0 bridgehead atoms. The topological polar surface area (TPSA) is 72.3 Å². The molecule has 0 aliphatic rings. The van der Waals surface area contributed by atoms with Crippen molar-refractivity contribution in [3.63, 3.8) is 0 Å². The number of hydrogen-bond donors (Lipinski definition) is 1. The summed E-state index contributed by atoms with van der Waals surface area (Å²) >= 11 is 0. The summed E-state index contributed by atoms with van der Waals surface area (Å²) in [5.74, 6) is -0.534. The van der Waals surface area contributed by atoms with Gasteiger partial charge in [-0.25, -0.2) is 9.78 Å². The van der Waals surface area contributed by atoms with Crippen molar-refractivity contribution in [1.29, 1.82) is 0 Å². The number of fused-ring (bicyclic) bond motifs is 1. The van der Waals surface area contributed by atoms with Gasteiger partial charge in [0, 0.05) is 0 Å². The second-order valence-electron chi connectivity index (χ2n) is 4.71. The summed E-state index contributed by atoms with van der Waals surface area (Å²) in [6.07, 6.45) is 0.890. The Morgan fingerprint density at radius 3 is 2.74 bits per heavy atom. The van der Waals surface area contributed by atoms with Crippen LogP contribution in [0.4, 0.5) is 0 Å². The minimum absolute atomic E-state index is 0.238. The van der Waals surface area contributed by atoms with Gasteiger partial charge in [-0.05, 0) is 24.5 Å². The molecule has 0 saturated carbocycles. The molecule has 0 atom stereocenters. The molecule has 100 valence electrons. The number of hydrogen-bond acceptors (Lipinski definition) is 4. The first kappa shape index (κ1) is 13.3. The average Bonchev–Trinajstić information content (AvgIpc) is 2.38. The Bertz CT molecular complexity index is 596. The van der Waals surface area contributed by atoms with Gasteiger partial charge in [0.2, 0.25) is 11.7 Å². The average molecular weight is 260 g/mol. The maximum absolute atomic E-state index is 11.0. The molecule has 0 fully saturated rings. The predicted octanol–water partition coefficient (Wildman–Crippen LogP) is 2.75. The molecule has 1 aromatic heterocycles. The van der Waals surface area contributed by atoms with Crippen LogP contribution in [0, 0.1) is 5.92 Å². The molecule has 2 aromatic rings. The van der Waals surface area contributed by atoms with E-state index in [2.05, 4.69) is 23.8 Å². The lowest BCUT2D eigenvalue weighted by Crippen LogP contribution is -2.09. The molecule has 0 radical (unpaired) electrons. The molecular weight excluding hydrogens is 244 g/mol. The van der Waals surface area contributed by atoms with E-state index in [1.54, 1.807) is 12.1 Å². The van der Waals surface area contributed by atoms with Gasteiger partial charge in [-0.1, -0.05) is 26.0 Å². The lowest BCUT2D eigenvalue weighted by atomic mass is 10.1. The molecule has 0 saturated heterocycles. The fourth-order valence-electron chi connectivity index (χ4n) is 1.64. The largest absolute Gasteiger partial charge is 0.477 e. The molecule has 0 spiro atoms. The minimum Gasteiger partial charge on any atom is -0.477 e. The minimum atomic E-state index is -1.15. The zero-order valence-electron chi connectivity index (χ0n) is 11.0. The second kappa shape index (κ2) is 5.65. The highest BCUT2D eigenvalue weighted by atomic mass is 16.5. The van der Waals surface area contributed by atoms with Crippen LogP contribution in [-0.4, -0.2) is 27.7 Å². The van der Waals surface area contributed by atoms with Crippen LogP contribution in [0.3, 0.4) is 0 Å². The van der Waals surface area contributed by atoms with Crippen molar-refractivity contribution in [2.24, 2.45) is 5.92 Å². The normalized spacial score (nSPS) is 10.9. The molecule has 0 aliphatic carbocycles. The molecule has 0 amide bonds. The standard InChI is InChI=1S/C14H16N2O3/c1-9(2)7-8-19-13-10-5-3-4-6-11(10)15-12(16-13)14(17)18/h3-6,9H,7-8H2,1-2H3,(H,17,18). The number of para-hydroxylation sites is 1. The van der Waals surface area contributed by atoms with Crippen molar-refractivity contribution in [3.8, 4) is 5.88 Å². The Kier molecular flexibility index (Phi) is 3.94. The number of rotatable bonds is 5. The Morgan fingerprint density at radius 1 is 1.32 bits per heavy atom. The summed E-state index contributed by atoms with van der Waals surface area (Å²) in [6.45, 7) is 4.71. The second-order valence-corrected chi connectivity index (χ2v) is 4.71. The predicted molar refractivity (Wildman–Crippen MR) is 71.4 cm³/mol. The smallest absolute Gasteiger partial charge is 0.374 e. The van der Waals surface area contributed by atoms with Crippen LogP contribution in [-0.2, 0) is 0 Å². The molecule has 1 heterocycles. The van der Waals surface area contributed by atoms with E-state index in [-0.39, 0.29) is 5.82 Å². The third-order valence-corrected chi connectivity index (χ3v) is 2.69. The van der Waals surface area contributed by atoms with Crippen molar-refractivity contribution < 1.29 is 14.6 Å². The molecule has 0 aliphatic heterocycles. The van der Waals surface area contributed by atoms with Gasteiger partial charge < -0.3 is 9.84 Å². The van der Waals surface area contributed by atoms with Crippen molar-refractivity contribution in [1.82, 2.24) is 9.97 Å². The van der Waals surface area contributed by atoms with Gasteiger partial charge in [-0.2, -0.15) is 4.98 Å². The van der Waals surface area contributed by atoms with Crippen LogP contribution in [0.15, 0.2) is 24.3 Å². The fourth-order valence-corrected chi connectivity index (χ4v) is 1.64. The van der Waals surface area contributed by atoms with Crippen molar-refractivity contribution in [3.05, 3.63) is 30.1 Å². The van der Waals surface area contributed by atoms with E-state index in [0.717, 1.165) is 11.8 Å². The van der Waals surface area contributed by atoms with Crippen LogP contribution in [0.5, 0.6) is 5.88 Å². The number of carboxylic acids is 1. The summed E-state index contributed by atoms with van der Waals surface area (Å²) in [5.41, 5.74) is 0.578. The first-order valence-corrected chi connectivity index (χ1v) is 6.21.